The normalized spacial score (nSPS) is 15.0. The van der Waals surface area contributed by atoms with E-state index in [1.165, 1.54) is 17.7 Å². The Morgan fingerprint density at radius 3 is 2.50 bits per heavy atom. The first-order chi connectivity index (χ1) is 10.8. The van der Waals surface area contributed by atoms with Gasteiger partial charge in [-0.3, -0.25) is 4.90 Å². The minimum atomic E-state index is 0.103. The van der Waals surface area contributed by atoms with E-state index in [1.807, 2.05) is 37.4 Å². The van der Waals surface area contributed by atoms with Gasteiger partial charge >= 0.3 is 6.03 Å². The number of anilines is 1. The molecule has 0 atom stereocenters. The van der Waals surface area contributed by atoms with Crippen molar-refractivity contribution in [3.8, 4) is 0 Å². The van der Waals surface area contributed by atoms with Crippen molar-refractivity contribution in [2.45, 2.75) is 38.3 Å². The zero-order valence-corrected chi connectivity index (χ0v) is 13.8. The molecule has 0 saturated heterocycles. The first kappa shape index (κ1) is 15.1. The van der Waals surface area contributed by atoms with Crippen LogP contribution in [0.5, 0.6) is 0 Å². The van der Waals surface area contributed by atoms with E-state index in [0.717, 1.165) is 25.1 Å². The summed E-state index contributed by atoms with van der Waals surface area (Å²) in [5.41, 5.74) is 0.946. The molecule has 1 aromatic heterocycles. The molecule has 4 heteroatoms. The minimum Gasteiger partial charge on any atom is -0.316 e. The SMILES string of the molecule is CN(C(=O)N(Cc1cccs1)C1CCCC1)c1ccccc1. The molecule has 1 aliphatic rings. The standard InChI is InChI=1S/C18H22N2OS/c1-19(15-8-3-2-4-9-15)18(21)20(16-10-5-6-11-16)14-17-12-7-13-22-17/h2-4,7-9,12-13,16H,5-6,10-11,14H2,1H3. The lowest BCUT2D eigenvalue weighted by molar-refractivity contribution is 0.179. The van der Waals surface area contributed by atoms with Gasteiger partial charge in [0.25, 0.3) is 0 Å². The Labute approximate surface area is 136 Å². The van der Waals surface area contributed by atoms with Crippen LogP contribution in [-0.2, 0) is 6.54 Å². The van der Waals surface area contributed by atoms with E-state index in [4.69, 9.17) is 0 Å². The summed E-state index contributed by atoms with van der Waals surface area (Å²) >= 11 is 1.72. The van der Waals surface area contributed by atoms with E-state index in [0.29, 0.717) is 6.04 Å². The third kappa shape index (κ3) is 3.33. The monoisotopic (exact) mass is 314 g/mol. The number of amides is 2. The maximum Gasteiger partial charge on any atom is 0.324 e. The molecule has 0 radical (unpaired) electrons. The fourth-order valence-electron chi connectivity index (χ4n) is 3.09. The molecule has 3 nitrogen and oxygen atoms in total. The average Bonchev–Trinajstić information content (AvgIpc) is 3.25. The van der Waals surface area contributed by atoms with Crippen LogP contribution in [0.2, 0.25) is 0 Å². The maximum absolute atomic E-state index is 13.0. The highest BCUT2D eigenvalue weighted by Crippen LogP contribution is 2.27. The molecular formula is C18H22N2OS. The van der Waals surface area contributed by atoms with Gasteiger partial charge in [-0.25, -0.2) is 4.79 Å². The molecule has 0 spiro atoms. The van der Waals surface area contributed by atoms with Crippen LogP contribution in [0.1, 0.15) is 30.6 Å². The van der Waals surface area contributed by atoms with Crippen LogP contribution in [-0.4, -0.2) is 24.0 Å². The molecule has 1 saturated carbocycles. The molecule has 2 aromatic rings. The Morgan fingerprint density at radius 1 is 1.14 bits per heavy atom. The molecule has 0 bridgehead atoms. The van der Waals surface area contributed by atoms with Gasteiger partial charge in [0, 0.05) is 23.7 Å². The Balaban J connectivity index is 1.79. The van der Waals surface area contributed by atoms with Crippen molar-refractivity contribution in [2.75, 3.05) is 11.9 Å². The second kappa shape index (κ2) is 6.97. The number of urea groups is 1. The van der Waals surface area contributed by atoms with Crippen LogP contribution in [0, 0.1) is 0 Å². The summed E-state index contributed by atoms with van der Waals surface area (Å²) in [4.78, 5) is 18.1. The number of rotatable bonds is 4. The first-order valence-corrected chi connectivity index (χ1v) is 8.75. The highest BCUT2D eigenvalue weighted by molar-refractivity contribution is 7.09. The maximum atomic E-state index is 13.0. The van der Waals surface area contributed by atoms with Crippen molar-refractivity contribution in [3.05, 3.63) is 52.7 Å². The number of carbonyl (C=O) groups excluding carboxylic acids is 1. The zero-order valence-electron chi connectivity index (χ0n) is 12.9. The lowest BCUT2D eigenvalue weighted by Crippen LogP contribution is -2.45. The second-order valence-corrected chi connectivity index (χ2v) is 6.85. The predicted molar refractivity (Wildman–Crippen MR) is 92.4 cm³/mol. The summed E-state index contributed by atoms with van der Waals surface area (Å²) in [6, 6.07) is 14.5. The number of hydrogen-bond acceptors (Lipinski definition) is 2. The molecule has 1 heterocycles. The fraction of sp³-hybridized carbons (Fsp3) is 0.389. The van der Waals surface area contributed by atoms with Gasteiger partial charge in [-0.1, -0.05) is 37.1 Å². The van der Waals surface area contributed by atoms with Gasteiger partial charge in [0.2, 0.25) is 0 Å². The average molecular weight is 314 g/mol. The molecule has 1 aliphatic carbocycles. The molecular weight excluding hydrogens is 292 g/mol. The highest BCUT2D eigenvalue weighted by Gasteiger charge is 2.29. The Bertz CT molecular complexity index is 591. The van der Waals surface area contributed by atoms with Crippen molar-refractivity contribution >= 4 is 23.1 Å². The van der Waals surface area contributed by atoms with Crippen molar-refractivity contribution in [3.63, 3.8) is 0 Å². The number of hydrogen-bond donors (Lipinski definition) is 0. The smallest absolute Gasteiger partial charge is 0.316 e. The largest absolute Gasteiger partial charge is 0.324 e. The summed E-state index contributed by atoms with van der Waals surface area (Å²) in [6.07, 6.45) is 4.71. The number of benzene rings is 1. The number of thiophene rings is 1. The topological polar surface area (TPSA) is 23.6 Å². The third-order valence-corrected chi connectivity index (χ3v) is 5.21. The highest BCUT2D eigenvalue weighted by atomic mass is 32.1. The number of nitrogens with zero attached hydrogens (tertiary/aromatic N) is 2. The van der Waals surface area contributed by atoms with Crippen molar-refractivity contribution < 1.29 is 4.79 Å². The minimum absolute atomic E-state index is 0.103. The third-order valence-electron chi connectivity index (χ3n) is 4.35. The Morgan fingerprint density at radius 2 is 1.86 bits per heavy atom. The van der Waals surface area contributed by atoms with Crippen LogP contribution in [0.25, 0.3) is 0 Å². The summed E-state index contributed by atoms with van der Waals surface area (Å²) in [7, 11) is 1.87. The number of para-hydroxylation sites is 1. The summed E-state index contributed by atoms with van der Waals surface area (Å²) in [5.74, 6) is 0. The van der Waals surface area contributed by atoms with Crippen LogP contribution >= 0.6 is 11.3 Å². The summed E-state index contributed by atoms with van der Waals surface area (Å²) in [6.45, 7) is 0.721. The van der Waals surface area contributed by atoms with Gasteiger partial charge in [0.05, 0.1) is 6.54 Å². The molecule has 116 valence electrons. The Kier molecular flexibility index (Phi) is 4.78. The van der Waals surface area contributed by atoms with E-state index in [2.05, 4.69) is 22.4 Å². The van der Waals surface area contributed by atoms with E-state index in [9.17, 15) is 4.79 Å². The van der Waals surface area contributed by atoms with Crippen LogP contribution in [0.4, 0.5) is 10.5 Å². The van der Waals surface area contributed by atoms with E-state index in [1.54, 1.807) is 16.2 Å². The van der Waals surface area contributed by atoms with Gasteiger partial charge in [-0.2, -0.15) is 0 Å². The lowest BCUT2D eigenvalue weighted by atomic mass is 10.2. The van der Waals surface area contributed by atoms with E-state index < -0.39 is 0 Å². The quantitative estimate of drug-likeness (QED) is 0.799. The molecule has 3 rings (SSSR count). The van der Waals surface area contributed by atoms with E-state index >= 15 is 0 Å². The molecule has 1 aromatic carbocycles. The van der Waals surface area contributed by atoms with Gasteiger partial charge in [0.15, 0.2) is 0 Å². The van der Waals surface area contributed by atoms with Gasteiger partial charge in [0.1, 0.15) is 0 Å². The van der Waals surface area contributed by atoms with Crippen LogP contribution in [0.3, 0.4) is 0 Å². The van der Waals surface area contributed by atoms with Gasteiger partial charge in [-0.15, -0.1) is 11.3 Å². The predicted octanol–water partition coefficient (Wildman–Crippen LogP) is 4.75. The first-order valence-electron chi connectivity index (χ1n) is 7.87. The molecule has 22 heavy (non-hydrogen) atoms. The molecule has 0 aliphatic heterocycles. The summed E-state index contributed by atoms with van der Waals surface area (Å²) in [5, 5.41) is 2.08. The van der Waals surface area contributed by atoms with Crippen LogP contribution in [0.15, 0.2) is 47.8 Å². The van der Waals surface area contributed by atoms with Gasteiger partial charge < -0.3 is 4.90 Å². The zero-order chi connectivity index (χ0) is 15.4. The lowest BCUT2D eigenvalue weighted by Gasteiger charge is -2.32. The molecule has 0 unspecified atom stereocenters. The Hall–Kier alpha value is -1.81. The van der Waals surface area contributed by atoms with Gasteiger partial charge in [-0.05, 0) is 36.4 Å². The van der Waals surface area contributed by atoms with E-state index in [-0.39, 0.29) is 6.03 Å². The fourth-order valence-corrected chi connectivity index (χ4v) is 3.80. The molecule has 0 N–H and O–H groups in total. The molecule has 1 fully saturated rings. The molecule has 2 amide bonds. The summed E-state index contributed by atoms with van der Waals surface area (Å²) < 4.78 is 0. The number of carbonyl (C=O) groups is 1. The van der Waals surface area contributed by atoms with Crippen molar-refractivity contribution in [1.82, 2.24) is 4.90 Å². The van der Waals surface area contributed by atoms with Crippen molar-refractivity contribution in [1.29, 1.82) is 0 Å². The second-order valence-electron chi connectivity index (χ2n) is 5.82. The van der Waals surface area contributed by atoms with Crippen LogP contribution < -0.4 is 4.90 Å². The van der Waals surface area contributed by atoms with Crippen molar-refractivity contribution in [2.24, 2.45) is 0 Å².